The highest BCUT2D eigenvalue weighted by atomic mass is 32.2. The summed E-state index contributed by atoms with van der Waals surface area (Å²) in [7, 11) is -3.03. The molecule has 0 fully saturated rings. The van der Waals surface area contributed by atoms with Gasteiger partial charge in [0.1, 0.15) is 10.8 Å². The molecule has 6 heteroatoms. The van der Waals surface area contributed by atoms with Crippen LogP contribution in [0.4, 0.5) is 5.69 Å². The molecule has 0 N–H and O–H groups in total. The van der Waals surface area contributed by atoms with Crippen LogP contribution in [0.25, 0.3) is 0 Å². The summed E-state index contributed by atoms with van der Waals surface area (Å²) >= 11 is 1.41. The van der Waals surface area contributed by atoms with Gasteiger partial charge in [-0.05, 0) is 32.4 Å². The molecule has 1 aromatic carbocycles. The van der Waals surface area contributed by atoms with Gasteiger partial charge in [0.25, 0.3) is 0 Å². The molecular weight excluding hydrogens is 316 g/mol. The van der Waals surface area contributed by atoms with Crippen LogP contribution in [0.3, 0.4) is 0 Å². The lowest BCUT2D eigenvalue weighted by Gasteiger charge is -2.29. The van der Waals surface area contributed by atoms with E-state index < -0.39 is 9.84 Å². The van der Waals surface area contributed by atoms with Gasteiger partial charge in [0.2, 0.25) is 0 Å². The lowest BCUT2D eigenvalue weighted by atomic mass is 10.1. The Bertz CT molecular complexity index is 736. The number of thiazole rings is 1. The van der Waals surface area contributed by atoms with Crippen LogP contribution in [0, 0.1) is 6.92 Å². The topological polar surface area (TPSA) is 50.3 Å². The number of anilines is 1. The van der Waals surface area contributed by atoms with E-state index in [2.05, 4.69) is 42.8 Å². The number of aryl methyl sites for hydroxylation is 1. The summed E-state index contributed by atoms with van der Waals surface area (Å²) in [6, 6.07) is 8.61. The fraction of sp³-hybridized carbons (Fsp3) is 0.438. The molecule has 2 aromatic rings. The van der Waals surface area contributed by atoms with Crippen molar-refractivity contribution in [2.24, 2.45) is 0 Å². The molecule has 4 nitrogen and oxygen atoms in total. The van der Waals surface area contributed by atoms with Crippen molar-refractivity contribution in [2.75, 3.05) is 11.2 Å². The Morgan fingerprint density at radius 1 is 1.27 bits per heavy atom. The lowest BCUT2D eigenvalue weighted by molar-refractivity contribution is 0.601. The Kier molecular flexibility index (Phi) is 5.24. The van der Waals surface area contributed by atoms with E-state index in [0.29, 0.717) is 17.6 Å². The second-order valence-electron chi connectivity index (χ2n) is 5.81. The molecule has 120 valence electrons. The highest BCUT2D eigenvalue weighted by molar-refractivity contribution is 7.90. The molecule has 0 bridgehead atoms. The van der Waals surface area contributed by atoms with Crippen LogP contribution < -0.4 is 4.90 Å². The zero-order valence-corrected chi connectivity index (χ0v) is 15.0. The van der Waals surface area contributed by atoms with Crippen LogP contribution in [0.2, 0.25) is 0 Å². The number of nitrogens with zero attached hydrogens (tertiary/aromatic N) is 2. The van der Waals surface area contributed by atoms with Gasteiger partial charge in [0.05, 0.1) is 12.2 Å². The van der Waals surface area contributed by atoms with Gasteiger partial charge < -0.3 is 4.90 Å². The quantitative estimate of drug-likeness (QED) is 0.810. The van der Waals surface area contributed by atoms with Gasteiger partial charge in [-0.1, -0.05) is 18.2 Å². The van der Waals surface area contributed by atoms with Gasteiger partial charge in [-0.25, -0.2) is 13.4 Å². The molecule has 0 saturated heterocycles. The van der Waals surface area contributed by atoms with E-state index in [1.165, 1.54) is 28.8 Å². The zero-order chi connectivity index (χ0) is 16.3. The third-order valence-electron chi connectivity index (χ3n) is 3.37. The Balaban J connectivity index is 2.21. The highest BCUT2D eigenvalue weighted by Gasteiger charge is 2.16. The standard InChI is InChI=1S/C16H22N2O2S2/c1-12(2)18(15-8-6-5-7-13(15)3)9-14-10-21-16(17-14)11-22(4,19)20/h5-8,10,12H,9,11H2,1-4H3. The van der Waals surface area contributed by atoms with E-state index in [-0.39, 0.29) is 5.75 Å². The van der Waals surface area contributed by atoms with Crippen molar-refractivity contribution in [1.29, 1.82) is 0 Å². The number of rotatable bonds is 6. The molecule has 0 saturated carbocycles. The molecule has 0 aliphatic carbocycles. The predicted molar refractivity (Wildman–Crippen MR) is 93.2 cm³/mol. The number of aromatic nitrogens is 1. The largest absolute Gasteiger partial charge is 0.363 e. The molecule has 0 unspecified atom stereocenters. The van der Waals surface area contributed by atoms with Crippen LogP contribution in [-0.2, 0) is 22.1 Å². The average Bonchev–Trinajstić information content (AvgIpc) is 2.82. The molecule has 1 aromatic heterocycles. The molecule has 0 radical (unpaired) electrons. The van der Waals surface area contributed by atoms with E-state index in [1.807, 2.05) is 17.5 Å². The molecule has 2 rings (SSSR count). The first kappa shape index (κ1) is 17.0. The number of hydrogen-bond acceptors (Lipinski definition) is 5. The predicted octanol–water partition coefficient (Wildman–Crippen LogP) is 3.41. The van der Waals surface area contributed by atoms with E-state index >= 15 is 0 Å². The van der Waals surface area contributed by atoms with E-state index in [9.17, 15) is 8.42 Å². The number of sulfone groups is 1. The molecule has 0 amide bonds. The van der Waals surface area contributed by atoms with Crippen molar-refractivity contribution in [1.82, 2.24) is 4.98 Å². The minimum Gasteiger partial charge on any atom is -0.363 e. The van der Waals surface area contributed by atoms with Gasteiger partial charge >= 0.3 is 0 Å². The van der Waals surface area contributed by atoms with Crippen LogP contribution in [0.15, 0.2) is 29.6 Å². The monoisotopic (exact) mass is 338 g/mol. The Morgan fingerprint density at radius 3 is 2.55 bits per heavy atom. The molecule has 1 heterocycles. The first-order valence-corrected chi connectivity index (χ1v) is 10.1. The zero-order valence-electron chi connectivity index (χ0n) is 13.4. The molecule has 0 atom stereocenters. The Morgan fingerprint density at radius 2 is 1.95 bits per heavy atom. The van der Waals surface area contributed by atoms with Crippen molar-refractivity contribution in [2.45, 2.75) is 39.1 Å². The first-order valence-electron chi connectivity index (χ1n) is 7.19. The Labute approximate surface area is 136 Å². The van der Waals surface area contributed by atoms with E-state index in [1.54, 1.807) is 0 Å². The second-order valence-corrected chi connectivity index (χ2v) is 8.89. The maximum Gasteiger partial charge on any atom is 0.153 e. The van der Waals surface area contributed by atoms with Crippen LogP contribution in [0.5, 0.6) is 0 Å². The molecule has 0 aliphatic rings. The summed E-state index contributed by atoms with van der Waals surface area (Å²) in [5, 5.41) is 2.61. The summed E-state index contributed by atoms with van der Waals surface area (Å²) in [6.07, 6.45) is 1.24. The summed E-state index contributed by atoms with van der Waals surface area (Å²) in [5.41, 5.74) is 3.33. The summed E-state index contributed by atoms with van der Waals surface area (Å²) < 4.78 is 22.7. The SMILES string of the molecule is Cc1ccccc1N(Cc1csc(CS(C)(=O)=O)n1)C(C)C. The highest BCUT2D eigenvalue weighted by Crippen LogP contribution is 2.24. The van der Waals surface area contributed by atoms with Gasteiger partial charge in [-0.3, -0.25) is 0 Å². The number of benzene rings is 1. The minimum atomic E-state index is -3.03. The van der Waals surface area contributed by atoms with Crippen molar-refractivity contribution >= 4 is 26.9 Å². The van der Waals surface area contributed by atoms with Crippen molar-refractivity contribution in [3.05, 3.63) is 45.9 Å². The first-order chi connectivity index (χ1) is 10.3. The number of para-hydroxylation sites is 1. The average molecular weight is 338 g/mol. The summed E-state index contributed by atoms with van der Waals surface area (Å²) in [5.74, 6) is 0.0176. The maximum absolute atomic E-state index is 11.4. The minimum absolute atomic E-state index is 0.0176. The van der Waals surface area contributed by atoms with Gasteiger partial charge in [-0.15, -0.1) is 11.3 Å². The third-order valence-corrected chi connectivity index (χ3v) is 5.24. The third kappa shape index (κ3) is 4.55. The van der Waals surface area contributed by atoms with Crippen LogP contribution >= 0.6 is 11.3 Å². The van der Waals surface area contributed by atoms with Crippen molar-refractivity contribution in [3.63, 3.8) is 0 Å². The van der Waals surface area contributed by atoms with Gasteiger partial charge in [0, 0.05) is 23.4 Å². The van der Waals surface area contributed by atoms with E-state index in [0.717, 1.165) is 5.69 Å². The number of hydrogen-bond donors (Lipinski definition) is 0. The fourth-order valence-corrected chi connectivity index (χ4v) is 4.32. The summed E-state index contributed by atoms with van der Waals surface area (Å²) in [6.45, 7) is 7.08. The Hall–Kier alpha value is -1.40. The van der Waals surface area contributed by atoms with Crippen molar-refractivity contribution in [3.8, 4) is 0 Å². The molecule has 0 aliphatic heterocycles. The normalized spacial score (nSPS) is 11.9. The van der Waals surface area contributed by atoms with Crippen molar-refractivity contribution < 1.29 is 8.42 Å². The van der Waals surface area contributed by atoms with E-state index in [4.69, 9.17) is 0 Å². The van der Waals surface area contributed by atoms with Gasteiger partial charge in [0.15, 0.2) is 9.84 Å². The fourth-order valence-electron chi connectivity index (χ4n) is 2.32. The second kappa shape index (κ2) is 6.79. The molecule has 0 spiro atoms. The smallest absolute Gasteiger partial charge is 0.153 e. The molecular formula is C16H22N2O2S2. The van der Waals surface area contributed by atoms with Crippen LogP contribution in [-0.4, -0.2) is 25.7 Å². The molecule has 22 heavy (non-hydrogen) atoms. The summed E-state index contributed by atoms with van der Waals surface area (Å²) in [4.78, 5) is 6.76. The van der Waals surface area contributed by atoms with Gasteiger partial charge in [-0.2, -0.15) is 0 Å². The lowest BCUT2D eigenvalue weighted by Crippen LogP contribution is -2.30. The maximum atomic E-state index is 11.4. The van der Waals surface area contributed by atoms with Crippen LogP contribution in [0.1, 0.15) is 30.1 Å².